The zero-order chi connectivity index (χ0) is 13.1. The fraction of sp³-hybridized carbons (Fsp3) is 0.533. The molecule has 1 aromatic rings. The van der Waals surface area contributed by atoms with Crippen LogP contribution in [0.2, 0.25) is 0 Å². The molecular weight excluding hydrogens is 242 g/mol. The summed E-state index contributed by atoms with van der Waals surface area (Å²) in [7, 11) is 0. The lowest BCUT2D eigenvalue weighted by Crippen LogP contribution is -2.27. The van der Waals surface area contributed by atoms with Crippen molar-refractivity contribution in [2.24, 2.45) is 5.92 Å². The average Bonchev–Trinajstić information content (AvgIpc) is 3.16. The second-order valence-corrected chi connectivity index (χ2v) is 5.24. The zero-order valence-corrected chi connectivity index (χ0v) is 10.9. The Morgan fingerprint density at radius 3 is 2.47 bits per heavy atom. The van der Waals surface area contributed by atoms with Crippen LogP contribution in [0.3, 0.4) is 0 Å². The molecule has 2 fully saturated rings. The molecule has 3 rings (SSSR count). The summed E-state index contributed by atoms with van der Waals surface area (Å²) < 4.78 is 11.3. The number of carbonyl (C=O) groups excluding carboxylic acids is 1. The fourth-order valence-corrected chi connectivity index (χ4v) is 2.21. The molecule has 0 spiro atoms. The van der Waals surface area contributed by atoms with Gasteiger partial charge in [-0.1, -0.05) is 12.8 Å². The first-order valence-electron chi connectivity index (χ1n) is 6.98. The van der Waals surface area contributed by atoms with E-state index in [2.05, 4.69) is 5.32 Å². The summed E-state index contributed by atoms with van der Waals surface area (Å²) in [6, 6.07) is 7.51. The number of rotatable bonds is 6. The van der Waals surface area contributed by atoms with Crippen molar-refractivity contribution in [3.8, 4) is 11.5 Å². The third kappa shape index (κ3) is 3.40. The quantitative estimate of drug-likeness (QED) is 0.853. The summed E-state index contributed by atoms with van der Waals surface area (Å²) in [5.74, 6) is 2.45. The Morgan fingerprint density at radius 1 is 1.11 bits per heavy atom. The molecule has 1 aromatic carbocycles. The highest BCUT2D eigenvalue weighted by Crippen LogP contribution is 2.32. The summed E-state index contributed by atoms with van der Waals surface area (Å²) >= 11 is 0. The van der Waals surface area contributed by atoms with Gasteiger partial charge in [0.25, 0.3) is 5.91 Å². The van der Waals surface area contributed by atoms with Gasteiger partial charge in [-0.2, -0.15) is 0 Å². The highest BCUT2D eigenvalue weighted by molar-refractivity contribution is 5.83. The molecule has 1 aliphatic heterocycles. The summed E-state index contributed by atoms with van der Waals surface area (Å²) in [6.45, 7) is 1.49. The van der Waals surface area contributed by atoms with E-state index in [1.165, 1.54) is 12.8 Å². The summed E-state index contributed by atoms with van der Waals surface area (Å²) in [4.78, 5) is 11.4. The predicted molar refractivity (Wildman–Crippen MR) is 71.3 cm³/mol. The third-order valence-electron chi connectivity index (χ3n) is 3.59. The van der Waals surface area contributed by atoms with E-state index < -0.39 is 0 Å². The first kappa shape index (κ1) is 12.3. The second kappa shape index (κ2) is 5.51. The van der Waals surface area contributed by atoms with E-state index in [9.17, 15) is 4.79 Å². The van der Waals surface area contributed by atoms with Gasteiger partial charge in [0.1, 0.15) is 11.5 Å². The lowest BCUT2D eigenvalue weighted by Gasteiger charge is -2.11. The smallest absolute Gasteiger partial charge is 0.261 e. The number of benzene rings is 1. The third-order valence-corrected chi connectivity index (χ3v) is 3.59. The summed E-state index contributed by atoms with van der Waals surface area (Å²) in [5.41, 5.74) is 0. The highest BCUT2D eigenvalue weighted by atomic mass is 16.5. The van der Waals surface area contributed by atoms with Crippen LogP contribution < -0.4 is 14.8 Å². The van der Waals surface area contributed by atoms with Gasteiger partial charge >= 0.3 is 0 Å². The van der Waals surface area contributed by atoms with Crippen LogP contribution in [0.5, 0.6) is 11.5 Å². The number of hydrogen-bond donors (Lipinski definition) is 1. The van der Waals surface area contributed by atoms with Crippen LogP contribution in [0.15, 0.2) is 24.3 Å². The van der Waals surface area contributed by atoms with E-state index in [1.807, 2.05) is 24.3 Å². The van der Waals surface area contributed by atoms with Crippen molar-refractivity contribution in [3.63, 3.8) is 0 Å². The van der Waals surface area contributed by atoms with Crippen molar-refractivity contribution in [2.45, 2.75) is 31.8 Å². The molecule has 2 aliphatic rings. The largest absolute Gasteiger partial charge is 0.494 e. The van der Waals surface area contributed by atoms with Gasteiger partial charge < -0.3 is 14.8 Å². The molecule has 4 heteroatoms. The van der Waals surface area contributed by atoms with Crippen LogP contribution in [-0.2, 0) is 4.79 Å². The highest BCUT2D eigenvalue weighted by Gasteiger charge is 2.25. The molecule has 19 heavy (non-hydrogen) atoms. The minimum Gasteiger partial charge on any atom is -0.494 e. The van der Waals surface area contributed by atoms with Crippen LogP contribution in [0.1, 0.15) is 25.7 Å². The molecule has 1 unspecified atom stereocenters. The zero-order valence-electron chi connectivity index (χ0n) is 10.9. The van der Waals surface area contributed by atoms with Gasteiger partial charge in [-0.25, -0.2) is 0 Å². The predicted octanol–water partition coefficient (Wildman–Crippen LogP) is 2.13. The lowest BCUT2D eigenvalue weighted by atomic mass is 10.3. The van der Waals surface area contributed by atoms with E-state index in [-0.39, 0.29) is 12.0 Å². The van der Waals surface area contributed by atoms with Gasteiger partial charge in [0.15, 0.2) is 6.10 Å². The maximum absolute atomic E-state index is 11.4. The molecular formula is C15H19NO3. The van der Waals surface area contributed by atoms with Crippen molar-refractivity contribution in [2.75, 3.05) is 13.2 Å². The normalized spacial score (nSPS) is 22.1. The van der Waals surface area contributed by atoms with Gasteiger partial charge in [0.05, 0.1) is 6.61 Å². The van der Waals surface area contributed by atoms with Crippen molar-refractivity contribution < 1.29 is 14.3 Å². The van der Waals surface area contributed by atoms with Crippen molar-refractivity contribution in [1.29, 1.82) is 0 Å². The number of amides is 1. The van der Waals surface area contributed by atoms with Crippen LogP contribution >= 0.6 is 0 Å². The van der Waals surface area contributed by atoms with Crippen LogP contribution in [0, 0.1) is 5.92 Å². The standard InChI is InChI=1S/C15H19NO3/c17-15-14(7-9-16-15)19-13-5-3-12(4-6-13)18-10-8-11-1-2-11/h3-6,11,14H,1-2,7-10H2,(H,16,17). The molecule has 4 nitrogen and oxygen atoms in total. The molecule has 102 valence electrons. The average molecular weight is 261 g/mol. The molecule has 1 heterocycles. The molecule has 1 aliphatic carbocycles. The Balaban J connectivity index is 1.48. The molecule has 1 saturated heterocycles. The van der Waals surface area contributed by atoms with Gasteiger partial charge in [-0.3, -0.25) is 4.79 Å². The molecule has 0 bridgehead atoms. The molecule has 1 N–H and O–H groups in total. The SMILES string of the molecule is O=C1NCCC1Oc1ccc(OCCC2CC2)cc1. The monoisotopic (exact) mass is 261 g/mol. The van der Waals surface area contributed by atoms with Crippen molar-refractivity contribution in [1.82, 2.24) is 5.32 Å². The van der Waals surface area contributed by atoms with E-state index in [0.29, 0.717) is 6.54 Å². The minimum absolute atomic E-state index is 0.0234. The maximum atomic E-state index is 11.4. The first-order chi connectivity index (χ1) is 9.31. The molecule has 0 radical (unpaired) electrons. The van der Waals surface area contributed by atoms with Gasteiger partial charge in [-0.15, -0.1) is 0 Å². The fourth-order valence-electron chi connectivity index (χ4n) is 2.21. The summed E-state index contributed by atoms with van der Waals surface area (Å²) in [6.07, 6.45) is 4.26. The van der Waals surface area contributed by atoms with E-state index in [4.69, 9.17) is 9.47 Å². The van der Waals surface area contributed by atoms with E-state index >= 15 is 0 Å². The maximum Gasteiger partial charge on any atom is 0.261 e. The number of carbonyl (C=O) groups is 1. The van der Waals surface area contributed by atoms with Gasteiger partial charge in [0, 0.05) is 13.0 Å². The first-order valence-corrected chi connectivity index (χ1v) is 6.98. The van der Waals surface area contributed by atoms with Crippen molar-refractivity contribution >= 4 is 5.91 Å². The topological polar surface area (TPSA) is 47.6 Å². The Hall–Kier alpha value is -1.71. The van der Waals surface area contributed by atoms with E-state index in [1.54, 1.807) is 0 Å². The van der Waals surface area contributed by atoms with Crippen molar-refractivity contribution in [3.05, 3.63) is 24.3 Å². The van der Waals surface area contributed by atoms with Crippen LogP contribution in [0.4, 0.5) is 0 Å². The molecule has 0 aromatic heterocycles. The van der Waals surface area contributed by atoms with Gasteiger partial charge in [-0.05, 0) is 36.6 Å². The van der Waals surface area contributed by atoms with Gasteiger partial charge in [0.2, 0.25) is 0 Å². The minimum atomic E-state index is -0.346. The number of ether oxygens (including phenoxy) is 2. The lowest BCUT2D eigenvalue weighted by molar-refractivity contribution is -0.124. The van der Waals surface area contributed by atoms with Crippen LogP contribution in [0.25, 0.3) is 0 Å². The second-order valence-electron chi connectivity index (χ2n) is 5.24. The number of hydrogen-bond acceptors (Lipinski definition) is 3. The number of nitrogens with one attached hydrogen (secondary N) is 1. The van der Waals surface area contributed by atoms with Crippen LogP contribution in [-0.4, -0.2) is 25.2 Å². The Morgan fingerprint density at radius 2 is 1.84 bits per heavy atom. The molecule has 1 amide bonds. The Bertz CT molecular complexity index is 439. The Kier molecular flexibility index (Phi) is 3.58. The molecule has 1 atom stereocenters. The summed E-state index contributed by atoms with van der Waals surface area (Å²) in [5, 5.41) is 2.76. The molecule has 1 saturated carbocycles. The van der Waals surface area contributed by atoms with E-state index in [0.717, 1.165) is 36.9 Å². The Labute approximate surface area is 113 Å².